The average Bonchev–Trinajstić information content (AvgIpc) is 3.18. The van der Waals surface area contributed by atoms with Crippen molar-refractivity contribution in [2.75, 3.05) is 14.2 Å². The van der Waals surface area contributed by atoms with E-state index in [1.165, 1.54) is 43.6 Å². The number of esters is 2. The lowest BCUT2D eigenvalue weighted by Crippen LogP contribution is -2.62. The number of hydrogen-bond acceptors (Lipinski definition) is 10. The van der Waals surface area contributed by atoms with E-state index in [4.69, 9.17) is 9.47 Å². The van der Waals surface area contributed by atoms with Crippen LogP contribution in [0.3, 0.4) is 0 Å². The van der Waals surface area contributed by atoms with Crippen LogP contribution in [0.5, 0.6) is 11.5 Å². The molecule has 12 nitrogen and oxygen atoms in total. The molecule has 7 rings (SSSR count). The Kier molecular flexibility index (Phi) is 10.7. The van der Waals surface area contributed by atoms with Gasteiger partial charge in [0.2, 0.25) is 0 Å². The molecule has 12 heteroatoms. The fourth-order valence-electron chi connectivity index (χ4n) is 11.9. The molecule has 2 aromatic carbocycles. The number of aliphatic carboxylic acids is 1. The maximum atomic E-state index is 12.3. The van der Waals surface area contributed by atoms with E-state index in [1.807, 2.05) is 19.9 Å². The number of nitro groups is 1. The highest BCUT2D eigenvalue weighted by atomic mass is 16.6. The third kappa shape index (κ3) is 6.29. The van der Waals surface area contributed by atoms with E-state index in [0.717, 1.165) is 62.5 Å². The predicted octanol–water partition coefficient (Wildman–Crippen LogP) is 8.82. The van der Waals surface area contributed by atoms with Crippen molar-refractivity contribution in [1.82, 2.24) is 5.32 Å². The monoisotopic (exact) mass is 798 g/mol. The van der Waals surface area contributed by atoms with Gasteiger partial charge < -0.3 is 30.1 Å². The maximum absolute atomic E-state index is 12.3. The summed E-state index contributed by atoms with van der Waals surface area (Å²) in [6.45, 7) is 16.8. The average molecular weight is 799 g/mol. The van der Waals surface area contributed by atoms with E-state index in [1.54, 1.807) is 19.9 Å². The van der Waals surface area contributed by atoms with E-state index in [2.05, 4.69) is 39.1 Å². The number of phenolic OH excluding ortho intramolecular Hbond substituents is 2. The first-order valence-corrected chi connectivity index (χ1v) is 20.1. The Labute approximate surface area is 340 Å². The van der Waals surface area contributed by atoms with Crippen LogP contribution < -0.4 is 5.32 Å². The van der Waals surface area contributed by atoms with Crippen molar-refractivity contribution >= 4 is 23.6 Å². The molecule has 0 saturated heterocycles. The number of allylic oxidation sites excluding steroid dienone is 4. The zero-order valence-electron chi connectivity index (χ0n) is 35.4. The quantitative estimate of drug-likeness (QED) is 0.0745. The van der Waals surface area contributed by atoms with E-state index in [9.17, 15) is 39.8 Å². The number of nitrogens with one attached hydrogen (secondary N) is 1. The highest BCUT2D eigenvalue weighted by Crippen LogP contribution is 2.74. The summed E-state index contributed by atoms with van der Waals surface area (Å²) in [5, 5.41) is 45.3. The summed E-state index contributed by atoms with van der Waals surface area (Å²) >= 11 is 0. The van der Waals surface area contributed by atoms with Gasteiger partial charge in [0.25, 0.3) is 5.69 Å². The van der Waals surface area contributed by atoms with E-state index < -0.39 is 34.2 Å². The summed E-state index contributed by atoms with van der Waals surface area (Å²) in [5.74, 6) is -2.61. The van der Waals surface area contributed by atoms with Crippen LogP contribution in [-0.2, 0) is 35.7 Å². The first kappa shape index (κ1) is 42.5. The second kappa shape index (κ2) is 14.6. The second-order valence-corrected chi connectivity index (χ2v) is 18.5. The van der Waals surface area contributed by atoms with Crippen molar-refractivity contribution in [2.24, 2.45) is 27.6 Å². The third-order valence-electron chi connectivity index (χ3n) is 15.6. The minimum atomic E-state index is -0.970. The molecular formula is C46H58N2O10. The number of rotatable bonds is 5. The summed E-state index contributed by atoms with van der Waals surface area (Å²) in [4.78, 5) is 47.8. The van der Waals surface area contributed by atoms with Gasteiger partial charge in [0.05, 0.1) is 41.6 Å². The van der Waals surface area contributed by atoms with Gasteiger partial charge in [-0.25, -0.2) is 9.59 Å². The minimum Gasteiger partial charge on any atom is -0.504 e. The number of ether oxygens (including phenoxy) is 2. The highest BCUT2D eigenvalue weighted by molar-refractivity contribution is 6.00. The number of methoxy groups -OCH3 is 2. The third-order valence-corrected chi connectivity index (χ3v) is 15.6. The van der Waals surface area contributed by atoms with Gasteiger partial charge in [-0.3, -0.25) is 14.9 Å². The molecule has 2 aromatic rings. The first-order chi connectivity index (χ1) is 27.0. The summed E-state index contributed by atoms with van der Waals surface area (Å²) in [6.07, 6.45) is 10.0. The fraction of sp³-hybridized carbons (Fsp3) is 0.543. The minimum absolute atomic E-state index is 0.00431. The van der Waals surface area contributed by atoms with Gasteiger partial charge in [-0.05, 0) is 124 Å². The fourth-order valence-corrected chi connectivity index (χ4v) is 11.9. The van der Waals surface area contributed by atoms with Gasteiger partial charge in [0.15, 0.2) is 11.5 Å². The Morgan fingerprint density at radius 2 is 1.45 bits per heavy atom. The van der Waals surface area contributed by atoms with Crippen molar-refractivity contribution < 1.29 is 44.1 Å². The van der Waals surface area contributed by atoms with Crippen LogP contribution in [0.15, 0.2) is 64.5 Å². The van der Waals surface area contributed by atoms with Gasteiger partial charge in [-0.1, -0.05) is 57.5 Å². The molecule has 3 saturated carbocycles. The summed E-state index contributed by atoms with van der Waals surface area (Å²) in [5.41, 5.74) is 5.20. The lowest BCUT2D eigenvalue weighted by Gasteiger charge is -2.69. The number of para-hydroxylation sites is 1. The molecule has 3 fully saturated rings. The van der Waals surface area contributed by atoms with Gasteiger partial charge >= 0.3 is 17.9 Å². The number of nitro benzene ring substituents is 1. The maximum Gasteiger partial charge on any atom is 0.336 e. The van der Waals surface area contributed by atoms with Crippen LogP contribution in [0.25, 0.3) is 0 Å². The number of hydrogen-bond donors (Lipinski definition) is 4. The topological polar surface area (TPSA) is 186 Å². The number of phenols is 2. The number of fused-ring (bicyclic) bond motifs is 7. The Morgan fingerprint density at radius 1 is 0.862 bits per heavy atom. The summed E-state index contributed by atoms with van der Waals surface area (Å²) in [6, 6.07) is 7.78. The lowest BCUT2D eigenvalue weighted by atomic mass is 9.34. The van der Waals surface area contributed by atoms with Gasteiger partial charge in [0.1, 0.15) is 0 Å². The molecular weight excluding hydrogens is 741 g/mol. The number of benzene rings is 2. The van der Waals surface area contributed by atoms with Crippen LogP contribution in [0.2, 0.25) is 0 Å². The molecule has 312 valence electrons. The van der Waals surface area contributed by atoms with Crippen LogP contribution in [0.4, 0.5) is 5.69 Å². The molecule has 58 heavy (non-hydrogen) atoms. The Morgan fingerprint density at radius 3 is 2.02 bits per heavy atom. The van der Waals surface area contributed by atoms with Crippen LogP contribution >= 0.6 is 0 Å². The van der Waals surface area contributed by atoms with Crippen molar-refractivity contribution in [1.29, 1.82) is 0 Å². The number of carbonyl (C=O) groups excluding carboxylic acids is 2. The number of dihydropyridines is 1. The van der Waals surface area contributed by atoms with Crippen molar-refractivity contribution in [3.05, 3.63) is 96.9 Å². The SMILES string of the molecule is COC(=O)C1=C(C)NC(C)=C(C(=O)OC)C1c1ccccc1[N+](=O)[O-].Cc1c(O)c(O)cc2c1CC=C1C2(C)CCC2(C)C3CC(C)(C(=O)O)CCC3(C)CCC12C. The van der Waals surface area contributed by atoms with E-state index in [0.29, 0.717) is 17.3 Å². The molecule has 1 heterocycles. The summed E-state index contributed by atoms with van der Waals surface area (Å²) < 4.78 is 9.66. The van der Waals surface area contributed by atoms with Gasteiger partial charge in [-0.2, -0.15) is 0 Å². The zero-order valence-corrected chi connectivity index (χ0v) is 35.4. The molecule has 1 aliphatic heterocycles. The molecule has 5 aliphatic rings. The number of carbonyl (C=O) groups is 3. The van der Waals surface area contributed by atoms with Crippen molar-refractivity contribution in [3.8, 4) is 11.5 Å². The number of nitrogens with zero attached hydrogens (tertiary/aromatic N) is 1. The lowest BCUT2D eigenvalue weighted by molar-refractivity contribution is -0.385. The first-order valence-electron chi connectivity index (χ1n) is 20.1. The molecule has 0 amide bonds. The van der Waals surface area contributed by atoms with Crippen molar-refractivity contribution in [2.45, 2.75) is 118 Å². The van der Waals surface area contributed by atoms with Gasteiger partial charge in [-0.15, -0.1) is 0 Å². The van der Waals surface area contributed by atoms with Crippen LogP contribution in [0.1, 0.15) is 122 Å². The Balaban J connectivity index is 0.000000204. The van der Waals surface area contributed by atoms with Gasteiger partial charge in [0, 0.05) is 28.4 Å². The Bertz CT molecular complexity index is 2170. The van der Waals surface area contributed by atoms with E-state index >= 15 is 0 Å². The molecule has 0 radical (unpaired) electrons. The number of carboxylic acids is 1. The molecule has 4 N–H and O–H groups in total. The largest absolute Gasteiger partial charge is 0.504 e. The highest BCUT2D eigenvalue weighted by Gasteiger charge is 2.67. The standard InChI is InChI=1S/C29H40O4.C17H18N2O6/c1-17-18-7-8-21-27(4,19(18)15-20(30)23(17)31)12-14-29(6)22-16-26(3,24(32)33)10-9-25(22,2)11-13-28(21,29)5;1-9-13(16(20)24-3)15(14(10(2)18-9)17(21)25-4)11-7-5-6-8-12(11)19(22)23/h8,15,22,30-31H,7,9-14,16H2,1-6H3,(H,32,33);5-8,15,18H,1-4H3. The number of aromatic hydroxyl groups is 2. The van der Waals surface area contributed by atoms with Crippen molar-refractivity contribution in [3.63, 3.8) is 0 Å². The molecule has 0 aromatic heterocycles. The molecule has 6 atom stereocenters. The number of carboxylic acid groups (broad SMARTS) is 1. The zero-order chi connectivity index (χ0) is 42.9. The normalized spacial score (nSPS) is 31.5. The molecule has 6 unspecified atom stereocenters. The predicted molar refractivity (Wildman–Crippen MR) is 218 cm³/mol. The Hall–Kier alpha value is -5.13. The van der Waals surface area contributed by atoms with E-state index in [-0.39, 0.29) is 55.6 Å². The molecule has 0 spiro atoms. The smallest absolute Gasteiger partial charge is 0.336 e. The second-order valence-electron chi connectivity index (χ2n) is 18.5. The van der Waals surface area contributed by atoms with Crippen LogP contribution in [-0.4, -0.2) is 52.4 Å². The summed E-state index contributed by atoms with van der Waals surface area (Å²) in [7, 11) is 2.42. The molecule has 4 aliphatic carbocycles. The molecule has 0 bridgehead atoms. The van der Waals surface area contributed by atoms with Crippen LogP contribution in [0, 0.1) is 44.6 Å².